The van der Waals surface area contributed by atoms with Crippen LogP contribution in [0.2, 0.25) is 0 Å². The third kappa shape index (κ3) is 5.02. The molecule has 0 aromatic heterocycles. The van der Waals surface area contributed by atoms with Gasteiger partial charge in [-0.25, -0.2) is 4.79 Å². The fourth-order valence-corrected chi connectivity index (χ4v) is 0.0781. The summed E-state index contributed by atoms with van der Waals surface area (Å²) >= 11 is 0. The van der Waals surface area contributed by atoms with E-state index in [1.165, 1.54) is 0 Å². The van der Waals surface area contributed by atoms with Crippen molar-refractivity contribution in [3.05, 3.63) is 0 Å². The first-order valence-corrected chi connectivity index (χ1v) is 1.70. The molecule has 0 saturated heterocycles. The summed E-state index contributed by atoms with van der Waals surface area (Å²) in [6.07, 6.45) is -1.63. The quantitative estimate of drug-likeness (QED) is 0.458. The smallest absolute Gasteiger partial charge is 1.00 e. The Hall–Kier alpha value is 0.871. The van der Waals surface area contributed by atoms with Gasteiger partial charge in [-0.15, -0.1) is 0 Å². The number of aliphatic carboxylic acids is 1. The van der Waals surface area contributed by atoms with Gasteiger partial charge in [0.25, 0.3) is 0 Å². The number of hydrogen-bond acceptors (Lipinski definition) is 3. The SMILES string of the molecule is O=C(O)C(O)CO.[H-].[H-].[Sr+2]. The van der Waals surface area contributed by atoms with E-state index < -0.39 is 18.7 Å². The van der Waals surface area contributed by atoms with Crippen LogP contribution in [0.25, 0.3) is 0 Å². The Kier molecular flexibility index (Phi) is 8.73. The van der Waals surface area contributed by atoms with Crippen LogP contribution in [0.4, 0.5) is 0 Å². The van der Waals surface area contributed by atoms with Gasteiger partial charge in [-0.2, -0.15) is 0 Å². The maximum absolute atomic E-state index is 9.52. The largest absolute Gasteiger partial charge is 2.00 e. The van der Waals surface area contributed by atoms with Crippen LogP contribution in [-0.4, -0.2) is 79.5 Å². The van der Waals surface area contributed by atoms with Crippen LogP contribution in [0.5, 0.6) is 0 Å². The summed E-state index contributed by atoms with van der Waals surface area (Å²) in [5.41, 5.74) is 0. The molecule has 1 atom stereocenters. The van der Waals surface area contributed by atoms with Crippen LogP contribution in [0.3, 0.4) is 0 Å². The van der Waals surface area contributed by atoms with Crippen molar-refractivity contribution in [1.29, 1.82) is 0 Å². The Morgan fingerprint density at radius 2 is 2.12 bits per heavy atom. The Bertz CT molecular complexity index is 80.9. The fourth-order valence-electron chi connectivity index (χ4n) is 0.0781. The molecule has 0 radical (unpaired) electrons. The maximum Gasteiger partial charge on any atom is 2.00 e. The van der Waals surface area contributed by atoms with Crippen LogP contribution >= 0.6 is 0 Å². The van der Waals surface area contributed by atoms with Crippen molar-refractivity contribution in [1.82, 2.24) is 0 Å². The summed E-state index contributed by atoms with van der Waals surface area (Å²) in [4.78, 5) is 9.52. The molecule has 8 heavy (non-hydrogen) atoms. The molecular formula is C3H8O4Sr. The van der Waals surface area contributed by atoms with Gasteiger partial charge in [0, 0.05) is 0 Å². The molecule has 0 spiro atoms. The van der Waals surface area contributed by atoms with E-state index in [2.05, 4.69) is 0 Å². The molecule has 0 saturated carbocycles. The molecule has 46 valence electrons. The molecule has 3 N–H and O–H groups in total. The molecule has 0 aliphatic carbocycles. The predicted molar refractivity (Wildman–Crippen MR) is 28.7 cm³/mol. The molecule has 0 bridgehead atoms. The number of carboxylic acid groups (broad SMARTS) is 1. The first-order valence-electron chi connectivity index (χ1n) is 1.70. The number of aliphatic hydroxyl groups is 2. The second-order valence-electron chi connectivity index (χ2n) is 1.04. The Morgan fingerprint density at radius 1 is 1.75 bits per heavy atom. The Labute approximate surface area is 86.4 Å². The van der Waals surface area contributed by atoms with Crippen LogP contribution in [0.15, 0.2) is 0 Å². The molecular weight excluding hydrogens is 188 g/mol. The van der Waals surface area contributed by atoms with Crippen molar-refractivity contribution in [2.45, 2.75) is 6.10 Å². The molecule has 1 unspecified atom stereocenters. The first kappa shape index (κ1) is 11.6. The van der Waals surface area contributed by atoms with E-state index in [9.17, 15) is 4.79 Å². The van der Waals surface area contributed by atoms with Gasteiger partial charge in [0.1, 0.15) is 0 Å². The van der Waals surface area contributed by atoms with Crippen molar-refractivity contribution >= 4 is 51.5 Å². The summed E-state index contributed by atoms with van der Waals surface area (Å²) in [6, 6.07) is 0. The number of aliphatic hydroxyl groups excluding tert-OH is 2. The Morgan fingerprint density at radius 3 is 2.12 bits per heavy atom. The summed E-state index contributed by atoms with van der Waals surface area (Å²) in [5, 5.41) is 23.7. The summed E-state index contributed by atoms with van der Waals surface area (Å²) < 4.78 is 0. The normalized spacial score (nSPS) is 11.8. The molecule has 5 heteroatoms. The zero-order valence-electron chi connectivity index (χ0n) is 6.24. The second-order valence-corrected chi connectivity index (χ2v) is 1.04. The number of rotatable bonds is 2. The van der Waals surface area contributed by atoms with E-state index in [1.807, 2.05) is 0 Å². The zero-order valence-corrected chi connectivity index (χ0v) is 7.72. The summed E-state index contributed by atoms with van der Waals surface area (Å²) in [7, 11) is 0. The van der Waals surface area contributed by atoms with Gasteiger partial charge in [0.15, 0.2) is 6.10 Å². The summed E-state index contributed by atoms with van der Waals surface area (Å²) in [6.45, 7) is -0.727. The number of hydrogen-bond donors (Lipinski definition) is 3. The first-order chi connectivity index (χ1) is 3.18. The van der Waals surface area contributed by atoms with E-state index in [0.717, 1.165) is 0 Å². The average molecular weight is 196 g/mol. The van der Waals surface area contributed by atoms with E-state index in [1.54, 1.807) is 0 Å². The van der Waals surface area contributed by atoms with Crippen LogP contribution < -0.4 is 0 Å². The monoisotopic (exact) mass is 196 g/mol. The standard InChI is InChI=1S/C3H6O4.Sr.2H/c4-1-2(5)3(6)7;;;/h2,4-5H,1H2,(H,6,7);;;/q;+2;2*-1. The second kappa shape index (κ2) is 6.00. The molecule has 0 amide bonds. The fraction of sp³-hybridized carbons (Fsp3) is 0.667. The van der Waals surface area contributed by atoms with Crippen molar-refractivity contribution in [3.8, 4) is 0 Å². The van der Waals surface area contributed by atoms with E-state index in [-0.39, 0.29) is 48.3 Å². The molecule has 0 heterocycles. The molecule has 0 aromatic carbocycles. The van der Waals surface area contributed by atoms with E-state index in [4.69, 9.17) is 15.3 Å². The zero-order chi connectivity index (χ0) is 5.86. The van der Waals surface area contributed by atoms with Gasteiger partial charge < -0.3 is 18.2 Å². The molecule has 4 nitrogen and oxygen atoms in total. The van der Waals surface area contributed by atoms with Gasteiger partial charge in [-0.05, 0) is 0 Å². The molecule has 0 aliphatic rings. The maximum atomic E-state index is 9.52. The average Bonchev–Trinajstić information content (AvgIpc) is 1.65. The van der Waals surface area contributed by atoms with Crippen LogP contribution in [-0.2, 0) is 4.79 Å². The van der Waals surface area contributed by atoms with Crippen LogP contribution in [0.1, 0.15) is 2.85 Å². The van der Waals surface area contributed by atoms with Gasteiger partial charge in [-0.1, -0.05) is 0 Å². The van der Waals surface area contributed by atoms with Gasteiger partial charge in [0.05, 0.1) is 6.61 Å². The van der Waals surface area contributed by atoms with E-state index >= 15 is 0 Å². The predicted octanol–water partition coefficient (Wildman–Crippen LogP) is -1.73. The van der Waals surface area contributed by atoms with E-state index in [0.29, 0.717) is 0 Å². The molecule has 0 fully saturated rings. The topological polar surface area (TPSA) is 77.8 Å². The third-order valence-corrected chi connectivity index (χ3v) is 0.458. The van der Waals surface area contributed by atoms with Crippen molar-refractivity contribution < 1.29 is 23.0 Å². The molecule has 0 aromatic rings. The van der Waals surface area contributed by atoms with Gasteiger partial charge in [-0.3, -0.25) is 0 Å². The minimum Gasteiger partial charge on any atom is -1.00 e. The van der Waals surface area contributed by atoms with Crippen molar-refractivity contribution in [2.75, 3.05) is 6.61 Å². The summed E-state index contributed by atoms with van der Waals surface area (Å²) in [5.74, 6) is -1.40. The molecule has 0 rings (SSSR count). The third-order valence-electron chi connectivity index (χ3n) is 0.458. The molecule has 0 aliphatic heterocycles. The van der Waals surface area contributed by atoms with Crippen LogP contribution in [0, 0.1) is 0 Å². The van der Waals surface area contributed by atoms with Crippen molar-refractivity contribution in [2.24, 2.45) is 0 Å². The minimum atomic E-state index is -1.63. The number of carbonyl (C=O) groups is 1. The van der Waals surface area contributed by atoms with Gasteiger partial charge >= 0.3 is 51.5 Å². The Balaban J connectivity index is -0.0000000600. The minimum absolute atomic E-state index is 0. The van der Waals surface area contributed by atoms with Gasteiger partial charge in [0.2, 0.25) is 0 Å². The van der Waals surface area contributed by atoms with Crippen molar-refractivity contribution in [3.63, 3.8) is 0 Å². The number of carboxylic acids is 1.